The summed E-state index contributed by atoms with van der Waals surface area (Å²) in [7, 11) is 6.85. The molecule has 2 aromatic heterocycles. The topological polar surface area (TPSA) is 102 Å². The number of hydrogen-bond acceptors (Lipinski definition) is 8. The highest BCUT2D eigenvalue weighted by atomic mass is 35.5. The van der Waals surface area contributed by atoms with Crippen LogP contribution in [0.15, 0.2) is 35.3 Å². The summed E-state index contributed by atoms with van der Waals surface area (Å²) in [6.07, 6.45) is 6.27. The van der Waals surface area contributed by atoms with Crippen molar-refractivity contribution in [1.29, 1.82) is 0 Å². The highest BCUT2D eigenvalue weighted by Gasteiger charge is 2.29. The number of amides is 1. The number of methoxy groups -OCH3 is 2. The Labute approximate surface area is 249 Å². The molecule has 1 aromatic carbocycles. The molecule has 3 heterocycles. The number of anilines is 1. The molecule has 1 saturated heterocycles. The standard InChI is InChI=1S/C29H36Cl2N6O4/c1-17(2)33-23-14-20-19(16-32-23)34-28(25-26(30)21(40-5)15-22(41-6)27(25)31)29(39)37(20)18-9-12-36(13-10-18)24(38)8-7-11-35(3)4/h7-8,14-18H,9-13H2,1-6H3,(H,32,33)/b8-7+. The van der Waals surface area contributed by atoms with Gasteiger partial charge in [-0.05, 0) is 40.8 Å². The highest BCUT2D eigenvalue weighted by Crippen LogP contribution is 2.45. The summed E-state index contributed by atoms with van der Waals surface area (Å²) in [5.41, 5.74) is 1.09. The number of ether oxygens (including phenoxy) is 2. The van der Waals surface area contributed by atoms with E-state index in [0.29, 0.717) is 60.8 Å². The number of carbonyl (C=O) groups excluding carboxylic acids is 1. The monoisotopic (exact) mass is 602 g/mol. The van der Waals surface area contributed by atoms with Gasteiger partial charge < -0.3 is 29.2 Å². The van der Waals surface area contributed by atoms with Crippen LogP contribution in [0.25, 0.3) is 22.3 Å². The minimum atomic E-state index is -0.353. The van der Waals surface area contributed by atoms with Crippen LogP contribution in [0, 0.1) is 0 Å². The number of rotatable bonds is 9. The molecule has 1 fully saturated rings. The normalized spacial score (nSPS) is 14.4. The Morgan fingerprint density at radius 2 is 1.78 bits per heavy atom. The number of fused-ring (bicyclic) bond motifs is 1. The van der Waals surface area contributed by atoms with Crippen LogP contribution in [0.4, 0.5) is 5.82 Å². The van der Waals surface area contributed by atoms with E-state index in [4.69, 9.17) is 37.7 Å². The minimum absolute atomic E-state index is 0.0346. The number of likely N-dealkylation sites (N-methyl/N-ethyl adjacent to an activating group) is 1. The smallest absolute Gasteiger partial charge is 0.277 e. The average molecular weight is 604 g/mol. The molecule has 0 radical (unpaired) electrons. The molecule has 0 bridgehead atoms. The van der Waals surface area contributed by atoms with Crippen LogP contribution in [-0.2, 0) is 4.79 Å². The van der Waals surface area contributed by atoms with E-state index in [-0.39, 0.29) is 44.9 Å². The van der Waals surface area contributed by atoms with Gasteiger partial charge in [0.1, 0.15) is 28.5 Å². The van der Waals surface area contributed by atoms with Gasteiger partial charge in [0.25, 0.3) is 5.56 Å². The third-order valence-corrected chi connectivity index (χ3v) is 7.64. The zero-order valence-corrected chi connectivity index (χ0v) is 25.7. The summed E-state index contributed by atoms with van der Waals surface area (Å²) in [5.74, 6) is 1.21. The molecule has 3 aromatic rings. The number of hydrogen-bond donors (Lipinski definition) is 1. The van der Waals surface area contributed by atoms with Crippen molar-refractivity contribution in [1.82, 2.24) is 24.3 Å². The maximum absolute atomic E-state index is 14.3. The lowest BCUT2D eigenvalue weighted by molar-refractivity contribution is -0.127. The van der Waals surface area contributed by atoms with Crippen molar-refractivity contribution in [2.75, 3.05) is 53.3 Å². The molecule has 1 aliphatic heterocycles. The van der Waals surface area contributed by atoms with Crippen LogP contribution in [0.2, 0.25) is 10.0 Å². The van der Waals surface area contributed by atoms with E-state index in [2.05, 4.69) is 10.3 Å². The molecule has 4 rings (SSSR count). The summed E-state index contributed by atoms with van der Waals surface area (Å²) in [6.45, 7) is 5.74. The van der Waals surface area contributed by atoms with Crippen molar-refractivity contribution in [3.05, 3.63) is 50.9 Å². The maximum atomic E-state index is 14.3. The van der Waals surface area contributed by atoms with Gasteiger partial charge in [0.15, 0.2) is 0 Å². The Hall–Kier alpha value is -3.34. The van der Waals surface area contributed by atoms with E-state index >= 15 is 0 Å². The number of piperidine rings is 1. The number of benzene rings is 1. The van der Waals surface area contributed by atoms with Gasteiger partial charge in [-0.15, -0.1) is 0 Å². The van der Waals surface area contributed by atoms with Gasteiger partial charge in [0, 0.05) is 49.9 Å². The molecule has 220 valence electrons. The fraction of sp³-hybridized carbons (Fsp3) is 0.448. The van der Waals surface area contributed by atoms with Crippen LogP contribution < -0.4 is 20.3 Å². The predicted molar refractivity (Wildman–Crippen MR) is 164 cm³/mol. The Morgan fingerprint density at radius 1 is 1.15 bits per heavy atom. The second-order valence-electron chi connectivity index (χ2n) is 10.5. The molecule has 1 aliphatic rings. The highest BCUT2D eigenvalue weighted by molar-refractivity contribution is 6.41. The van der Waals surface area contributed by atoms with Gasteiger partial charge in [-0.25, -0.2) is 9.97 Å². The van der Waals surface area contributed by atoms with Crippen molar-refractivity contribution in [2.24, 2.45) is 0 Å². The molecule has 0 spiro atoms. The lowest BCUT2D eigenvalue weighted by Crippen LogP contribution is -2.40. The number of nitrogens with one attached hydrogen (secondary N) is 1. The molecule has 0 saturated carbocycles. The molecule has 1 amide bonds. The molecule has 0 unspecified atom stereocenters. The largest absolute Gasteiger partial charge is 0.495 e. The number of halogens is 2. The SMILES string of the molecule is COc1cc(OC)c(Cl)c(-c2nc3cnc(NC(C)C)cc3n(C3CCN(C(=O)/C=C/CN(C)C)CC3)c2=O)c1Cl. The average Bonchev–Trinajstić information content (AvgIpc) is 2.93. The van der Waals surface area contributed by atoms with Crippen molar-refractivity contribution in [2.45, 2.75) is 38.8 Å². The van der Waals surface area contributed by atoms with E-state index in [1.165, 1.54) is 14.2 Å². The lowest BCUT2D eigenvalue weighted by Gasteiger charge is -2.33. The van der Waals surface area contributed by atoms with Crippen molar-refractivity contribution >= 4 is 46.0 Å². The molecule has 10 nitrogen and oxygen atoms in total. The quantitative estimate of drug-likeness (QED) is 0.346. The van der Waals surface area contributed by atoms with Crippen LogP contribution in [0.5, 0.6) is 11.5 Å². The van der Waals surface area contributed by atoms with Gasteiger partial charge in [-0.3, -0.25) is 9.59 Å². The number of aromatic nitrogens is 3. The summed E-state index contributed by atoms with van der Waals surface area (Å²) < 4.78 is 12.6. The molecular weight excluding hydrogens is 567 g/mol. The number of pyridine rings is 1. The van der Waals surface area contributed by atoms with Crippen LogP contribution in [0.1, 0.15) is 32.7 Å². The van der Waals surface area contributed by atoms with E-state index in [1.54, 1.807) is 22.9 Å². The second kappa shape index (κ2) is 13.1. The van der Waals surface area contributed by atoms with E-state index in [9.17, 15) is 9.59 Å². The van der Waals surface area contributed by atoms with E-state index in [0.717, 1.165) is 0 Å². The minimum Gasteiger partial charge on any atom is -0.495 e. The number of carbonyl (C=O) groups is 1. The first-order valence-corrected chi connectivity index (χ1v) is 14.2. The Morgan fingerprint density at radius 3 is 2.34 bits per heavy atom. The van der Waals surface area contributed by atoms with Gasteiger partial charge in [-0.2, -0.15) is 0 Å². The number of nitrogens with zero attached hydrogens (tertiary/aromatic N) is 5. The molecule has 1 N–H and O–H groups in total. The van der Waals surface area contributed by atoms with E-state index < -0.39 is 0 Å². The molecular formula is C29H36Cl2N6O4. The zero-order valence-electron chi connectivity index (χ0n) is 24.2. The fourth-order valence-corrected chi connectivity index (χ4v) is 5.60. The Kier molecular flexibility index (Phi) is 9.78. The summed E-state index contributed by atoms with van der Waals surface area (Å²) in [6, 6.07) is 3.36. The molecule has 0 atom stereocenters. The maximum Gasteiger partial charge on any atom is 0.277 e. The van der Waals surface area contributed by atoms with Crippen LogP contribution >= 0.6 is 23.2 Å². The van der Waals surface area contributed by atoms with Gasteiger partial charge in [0.2, 0.25) is 5.91 Å². The van der Waals surface area contributed by atoms with Crippen LogP contribution in [0.3, 0.4) is 0 Å². The first-order valence-electron chi connectivity index (χ1n) is 13.4. The third-order valence-electron chi connectivity index (χ3n) is 6.89. The summed E-state index contributed by atoms with van der Waals surface area (Å²) in [4.78, 5) is 40.1. The van der Waals surface area contributed by atoms with Crippen molar-refractivity contribution in [3.8, 4) is 22.8 Å². The molecule has 0 aliphatic carbocycles. The molecule has 12 heteroatoms. The third kappa shape index (κ3) is 6.60. The number of likely N-dealkylation sites (tertiary alicyclic amines) is 1. The zero-order chi connectivity index (χ0) is 29.8. The first-order chi connectivity index (χ1) is 19.5. The second-order valence-corrected chi connectivity index (χ2v) is 11.3. The van der Waals surface area contributed by atoms with Gasteiger partial charge in [0.05, 0.1) is 41.5 Å². The first kappa shape index (κ1) is 30.6. The van der Waals surface area contributed by atoms with Crippen LogP contribution in [-0.4, -0.2) is 84.2 Å². The molecule has 41 heavy (non-hydrogen) atoms. The van der Waals surface area contributed by atoms with E-state index in [1.807, 2.05) is 49.9 Å². The van der Waals surface area contributed by atoms with Gasteiger partial charge >= 0.3 is 0 Å². The Balaban J connectivity index is 1.83. The Bertz CT molecular complexity index is 1490. The fourth-order valence-electron chi connectivity index (χ4n) is 4.92. The summed E-state index contributed by atoms with van der Waals surface area (Å²) in [5, 5.41) is 3.61. The predicted octanol–water partition coefficient (Wildman–Crippen LogP) is 4.88. The van der Waals surface area contributed by atoms with Crippen molar-refractivity contribution in [3.63, 3.8) is 0 Å². The lowest BCUT2D eigenvalue weighted by atomic mass is 10.0. The summed E-state index contributed by atoms with van der Waals surface area (Å²) >= 11 is 13.4. The van der Waals surface area contributed by atoms with Crippen molar-refractivity contribution < 1.29 is 14.3 Å². The van der Waals surface area contributed by atoms with Gasteiger partial charge in [-0.1, -0.05) is 29.3 Å².